The van der Waals surface area contributed by atoms with Gasteiger partial charge in [-0.1, -0.05) is 30.3 Å². The van der Waals surface area contributed by atoms with Crippen LogP contribution in [-0.4, -0.2) is 10.8 Å². The average Bonchev–Trinajstić information content (AvgIpc) is 2.41. The summed E-state index contributed by atoms with van der Waals surface area (Å²) >= 11 is 0. The van der Waals surface area contributed by atoms with E-state index in [-0.39, 0.29) is 5.78 Å². The summed E-state index contributed by atoms with van der Waals surface area (Å²) in [6.45, 7) is 1.84. The standard InChI is InChI=1S/C15H12N2O/c1-11-7-8-17-10-14(11)15(18)13(9-16)12-5-3-2-4-6-12/h2-8,10,13H,1H3. The monoisotopic (exact) mass is 236 g/mol. The molecule has 2 rings (SSSR count). The van der Waals surface area contributed by atoms with Crippen LogP contribution in [0.4, 0.5) is 0 Å². The summed E-state index contributed by atoms with van der Waals surface area (Å²) < 4.78 is 0. The first-order chi connectivity index (χ1) is 8.74. The van der Waals surface area contributed by atoms with Gasteiger partial charge in [-0.3, -0.25) is 9.78 Å². The Morgan fingerprint density at radius 3 is 2.61 bits per heavy atom. The third-order valence-electron chi connectivity index (χ3n) is 2.83. The van der Waals surface area contributed by atoms with Gasteiger partial charge in [-0.25, -0.2) is 0 Å². The summed E-state index contributed by atoms with van der Waals surface area (Å²) in [6.07, 6.45) is 3.15. The number of benzene rings is 1. The van der Waals surface area contributed by atoms with E-state index in [0.29, 0.717) is 11.1 Å². The highest BCUT2D eigenvalue weighted by Crippen LogP contribution is 2.21. The van der Waals surface area contributed by atoms with Crippen molar-refractivity contribution in [3.63, 3.8) is 0 Å². The summed E-state index contributed by atoms with van der Waals surface area (Å²) in [5.74, 6) is -0.969. The second-order valence-electron chi connectivity index (χ2n) is 4.03. The molecule has 3 heteroatoms. The van der Waals surface area contributed by atoms with Crippen molar-refractivity contribution in [3.8, 4) is 6.07 Å². The molecule has 1 aromatic heterocycles. The molecule has 0 spiro atoms. The molecule has 0 fully saturated rings. The normalized spacial score (nSPS) is 11.6. The molecule has 0 bridgehead atoms. The van der Waals surface area contributed by atoms with Gasteiger partial charge in [0.2, 0.25) is 0 Å². The van der Waals surface area contributed by atoms with Gasteiger partial charge in [0.25, 0.3) is 0 Å². The maximum atomic E-state index is 12.3. The minimum Gasteiger partial charge on any atom is -0.292 e. The summed E-state index contributed by atoms with van der Waals surface area (Å²) in [7, 11) is 0. The summed E-state index contributed by atoms with van der Waals surface area (Å²) in [5, 5.41) is 9.21. The molecule has 0 radical (unpaired) electrons. The van der Waals surface area contributed by atoms with Crippen molar-refractivity contribution in [2.75, 3.05) is 0 Å². The zero-order chi connectivity index (χ0) is 13.0. The van der Waals surface area contributed by atoms with Crippen LogP contribution in [0.2, 0.25) is 0 Å². The summed E-state index contributed by atoms with van der Waals surface area (Å²) in [5.41, 5.74) is 2.06. The number of pyridine rings is 1. The number of carbonyl (C=O) groups excluding carboxylic acids is 1. The van der Waals surface area contributed by atoms with Crippen LogP contribution in [0.5, 0.6) is 0 Å². The van der Waals surface area contributed by atoms with Crippen molar-refractivity contribution in [1.29, 1.82) is 5.26 Å². The molecular weight excluding hydrogens is 224 g/mol. The zero-order valence-corrected chi connectivity index (χ0v) is 10.00. The maximum Gasteiger partial charge on any atom is 0.186 e. The Balaban J connectivity index is 2.39. The molecule has 0 aliphatic carbocycles. The number of aryl methyl sites for hydroxylation is 1. The molecule has 0 amide bonds. The van der Waals surface area contributed by atoms with Crippen molar-refractivity contribution in [1.82, 2.24) is 4.98 Å². The van der Waals surface area contributed by atoms with Crippen LogP contribution in [0, 0.1) is 18.3 Å². The first-order valence-corrected chi connectivity index (χ1v) is 5.63. The van der Waals surface area contributed by atoms with Gasteiger partial charge < -0.3 is 0 Å². The molecule has 18 heavy (non-hydrogen) atoms. The predicted molar refractivity (Wildman–Crippen MR) is 68.1 cm³/mol. The molecule has 0 N–H and O–H groups in total. The minimum absolute atomic E-state index is 0.200. The number of nitriles is 1. The Bertz CT molecular complexity index is 599. The number of ketones is 1. The van der Waals surface area contributed by atoms with Crippen LogP contribution >= 0.6 is 0 Å². The van der Waals surface area contributed by atoms with Gasteiger partial charge in [0, 0.05) is 18.0 Å². The molecule has 88 valence electrons. The zero-order valence-electron chi connectivity index (χ0n) is 10.00. The lowest BCUT2D eigenvalue weighted by Gasteiger charge is -2.09. The van der Waals surface area contributed by atoms with Crippen molar-refractivity contribution in [2.45, 2.75) is 12.8 Å². The molecule has 1 aromatic carbocycles. The van der Waals surface area contributed by atoms with Crippen LogP contribution < -0.4 is 0 Å². The molecule has 0 saturated heterocycles. The fourth-order valence-electron chi connectivity index (χ4n) is 1.81. The number of hydrogen-bond donors (Lipinski definition) is 0. The third kappa shape index (κ3) is 2.28. The molecule has 1 unspecified atom stereocenters. The van der Waals surface area contributed by atoms with E-state index in [1.807, 2.05) is 25.1 Å². The van der Waals surface area contributed by atoms with Gasteiger partial charge in [0.15, 0.2) is 5.78 Å². The van der Waals surface area contributed by atoms with Crippen LogP contribution in [0.3, 0.4) is 0 Å². The van der Waals surface area contributed by atoms with E-state index in [0.717, 1.165) is 5.56 Å². The van der Waals surface area contributed by atoms with E-state index in [1.165, 1.54) is 6.20 Å². The SMILES string of the molecule is Cc1ccncc1C(=O)C(C#N)c1ccccc1. The highest BCUT2D eigenvalue weighted by Gasteiger charge is 2.22. The molecule has 0 saturated carbocycles. The van der Waals surface area contributed by atoms with Gasteiger partial charge in [-0.2, -0.15) is 5.26 Å². The maximum absolute atomic E-state index is 12.3. The minimum atomic E-state index is -0.769. The molecule has 1 heterocycles. The van der Waals surface area contributed by atoms with E-state index in [4.69, 9.17) is 0 Å². The second kappa shape index (κ2) is 5.24. The van der Waals surface area contributed by atoms with Crippen molar-refractivity contribution in [2.24, 2.45) is 0 Å². The number of nitrogens with zero attached hydrogens (tertiary/aromatic N) is 2. The number of aromatic nitrogens is 1. The van der Waals surface area contributed by atoms with Crippen molar-refractivity contribution in [3.05, 3.63) is 65.5 Å². The molecule has 0 aliphatic rings. The van der Waals surface area contributed by atoms with Gasteiger partial charge in [-0.05, 0) is 24.1 Å². The predicted octanol–water partition coefficient (Wildman–Crippen LogP) is 2.88. The van der Waals surface area contributed by atoms with Crippen LogP contribution in [-0.2, 0) is 0 Å². The highest BCUT2D eigenvalue weighted by atomic mass is 16.1. The van der Waals surface area contributed by atoms with Crippen molar-refractivity contribution < 1.29 is 4.79 Å². The van der Waals surface area contributed by atoms with Gasteiger partial charge in [0.05, 0.1) is 6.07 Å². The smallest absolute Gasteiger partial charge is 0.186 e. The van der Waals surface area contributed by atoms with Crippen LogP contribution in [0.15, 0.2) is 48.8 Å². The lowest BCUT2D eigenvalue weighted by molar-refractivity contribution is 0.0978. The topological polar surface area (TPSA) is 53.8 Å². The Morgan fingerprint density at radius 1 is 1.28 bits per heavy atom. The van der Waals surface area contributed by atoms with Crippen LogP contribution in [0.1, 0.15) is 27.4 Å². The Morgan fingerprint density at radius 2 is 2.00 bits per heavy atom. The third-order valence-corrected chi connectivity index (χ3v) is 2.83. The van der Waals surface area contributed by atoms with Crippen LogP contribution in [0.25, 0.3) is 0 Å². The number of hydrogen-bond acceptors (Lipinski definition) is 3. The fourth-order valence-corrected chi connectivity index (χ4v) is 1.81. The molecule has 2 aromatic rings. The lowest BCUT2D eigenvalue weighted by Crippen LogP contribution is -2.12. The first-order valence-electron chi connectivity index (χ1n) is 5.63. The average molecular weight is 236 g/mol. The molecular formula is C15H12N2O. The number of rotatable bonds is 3. The van der Waals surface area contributed by atoms with E-state index in [1.54, 1.807) is 24.4 Å². The molecule has 3 nitrogen and oxygen atoms in total. The van der Waals surface area contributed by atoms with Gasteiger partial charge >= 0.3 is 0 Å². The van der Waals surface area contributed by atoms with Gasteiger partial charge in [0.1, 0.15) is 5.92 Å². The second-order valence-corrected chi connectivity index (χ2v) is 4.03. The summed E-state index contributed by atoms with van der Waals surface area (Å²) in [6, 6.07) is 12.9. The molecule has 0 aliphatic heterocycles. The Labute approximate surface area is 106 Å². The first kappa shape index (κ1) is 12.0. The largest absolute Gasteiger partial charge is 0.292 e. The molecule has 1 atom stereocenters. The van der Waals surface area contributed by atoms with E-state index < -0.39 is 5.92 Å². The Hall–Kier alpha value is -2.47. The lowest BCUT2D eigenvalue weighted by atomic mass is 9.91. The van der Waals surface area contributed by atoms with E-state index >= 15 is 0 Å². The quantitative estimate of drug-likeness (QED) is 0.770. The van der Waals surface area contributed by atoms with Crippen molar-refractivity contribution >= 4 is 5.78 Å². The number of carbonyl (C=O) groups is 1. The number of Topliss-reactive ketones (excluding diaryl/α,β-unsaturated/α-hetero) is 1. The Kier molecular flexibility index (Phi) is 3.49. The van der Waals surface area contributed by atoms with E-state index in [2.05, 4.69) is 11.1 Å². The summed E-state index contributed by atoms with van der Waals surface area (Å²) in [4.78, 5) is 16.3. The van der Waals surface area contributed by atoms with Gasteiger partial charge in [-0.15, -0.1) is 0 Å². The highest BCUT2D eigenvalue weighted by molar-refractivity contribution is 6.03. The fraction of sp³-hybridized carbons (Fsp3) is 0.133. The van der Waals surface area contributed by atoms with E-state index in [9.17, 15) is 10.1 Å².